The van der Waals surface area contributed by atoms with Crippen molar-refractivity contribution in [2.75, 3.05) is 19.7 Å². The monoisotopic (exact) mass is 250 g/mol. The van der Waals surface area contributed by atoms with Crippen molar-refractivity contribution in [1.29, 1.82) is 0 Å². The molecule has 100 valence electrons. The van der Waals surface area contributed by atoms with E-state index >= 15 is 0 Å². The Balaban J connectivity index is 2.39. The largest absolute Gasteiger partial charge is 0.396 e. The van der Waals surface area contributed by atoms with Gasteiger partial charge in [0.2, 0.25) is 5.91 Å². The first-order chi connectivity index (χ1) is 8.79. The van der Waals surface area contributed by atoms with Gasteiger partial charge in [0, 0.05) is 19.7 Å². The summed E-state index contributed by atoms with van der Waals surface area (Å²) < 4.78 is 0. The minimum atomic E-state index is -0.274. The second-order valence-corrected chi connectivity index (χ2v) is 4.27. The molecule has 4 N–H and O–H groups in total. The molecule has 1 unspecified atom stereocenters. The van der Waals surface area contributed by atoms with Crippen LogP contribution in [-0.2, 0) is 4.79 Å². The number of unbranched alkanes of at least 4 members (excludes halogenated alkanes) is 2. The van der Waals surface area contributed by atoms with Gasteiger partial charge in [-0.2, -0.15) is 0 Å². The highest BCUT2D eigenvalue weighted by molar-refractivity contribution is 5.83. The molecule has 4 heteroatoms. The van der Waals surface area contributed by atoms with Crippen molar-refractivity contribution in [2.45, 2.75) is 25.2 Å². The van der Waals surface area contributed by atoms with Gasteiger partial charge in [-0.05, 0) is 24.8 Å². The number of nitrogens with two attached hydrogens (primary N) is 1. The Morgan fingerprint density at radius 3 is 2.56 bits per heavy atom. The lowest BCUT2D eigenvalue weighted by molar-refractivity contribution is -0.122. The topological polar surface area (TPSA) is 75.4 Å². The number of amides is 1. The van der Waals surface area contributed by atoms with Crippen LogP contribution in [0.1, 0.15) is 30.7 Å². The van der Waals surface area contributed by atoms with E-state index in [9.17, 15) is 4.79 Å². The third-order valence-corrected chi connectivity index (χ3v) is 2.89. The molecule has 0 saturated carbocycles. The molecular formula is C14H22N2O2. The van der Waals surface area contributed by atoms with Crippen LogP contribution >= 0.6 is 0 Å². The van der Waals surface area contributed by atoms with Crippen LogP contribution in [0.15, 0.2) is 30.3 Å². The molecule has 0 radical (unpaired) electrons. The second-order valence-electron chi connectivity index (χ2n) is 4.27. The molecule has 0 heterocycles. The van der Waals surface area contributed by atoms with Gasteiger partial charge in [-0.1, -0.05) is 30.3 Å². The molecule has 0 aliphatic carbocycles. The molecule has 0 aliphatic heterocycles. The lowest BCUT2D eigenvalue weighted by Crippen LogP contribution is -2.34. The average Bonchev–Trinajstić information content (AvgIpc) is 2.40. The highest BCUT2D eigenvalue weighted by Gasteiger charge is 2.17. The van der Waals surface area contributed by atoms with E-state index in [4.69, 9.17) is 10.8 Å². The van der Waals surface area contributed by atoms with Crippen molar-refractivity contribution >= 4 is 5.91 Å². The third kappa shape index (κ3) is 4.85. The van der Waals surface area contributed by atoms with Crippen LogP contribution in [0.25, 0.3) is 0 Å². The molecule has 1 aromatic carbocycles. The number of carbonyl (C=O) groups excluding carboxylic acids is 1. The molecule has 0 aliphatic rings. The maximum atomic E-state index is 12.0. The smallest absolute Gasteiger partial charge is 0.228 e. The predicted octanol–water partition coefficient (Wildman–Crippen LogP) is 1.01. The first kappa shape index (κ1) is 14.7. The van der Waals surface area contributed by atoms with Gasteiger partial charge < -0.3 is 16.2 Å². The van der Waals surface area contributed by atoms with Gasteiger partial charge in [-0.25, -0.2) is 0 Å². The van der Waals surface area contributed by atoms with E-state index in [0.29, 0.717) is 13.1 Å². The van der Waals surface area contributed by atoms with Crippen molar-refractivity contribution in [3.8, 4) is 0 Å². The summed E-state index contributed by atoms with van der Waals surface area (Å²) in [5.74, 6) is -0.295. The Labute approximate surface area is 108 Å². The molecule has 0 saturated heterocycles. The van der Waals surface area contributed by atoms with Crippen molar-refractivity contribution in [3.05, 3.63) is 35.9 Å². The molecular weight excluding hydrogens is 228 g/mol. The number of aliphatic hydroxyl groups is 1. The van der Waals surface area contributed by atoms with Gasteiger partial charge in [0.05, 0.1) is 5.92 Å². The summed E-state index contributed by atoms with van der Waals surface area (Å²) in [5, 5.41) is 11.5. The molecule has 0 fully saturated rings. The number of aliphatic hydroxyl groups excluding tert-OH is 1. The number of carbonyl (C=O) groups is 1. The van der Waals surface area contributed by atoms with E-state index in [-0.39, 0.29) is 18.4 Å². The predicted molar refractivity (Wildman–Crippen MR) is 72.2 cm³/mol. The van der Waals surface area contributed by atoms with Gasteiger partial charge in [0.25, 0.3) is 0 Å². The van der Waals surface area contributed by atoms with E-state index in [2.05, 4.69) is 5.32 Å². The van der Waals surface area contributed by atoms with Crippen LogP contribution in [0.4, 0.5) is 0 Å². The molecule has 0 bridgehead atoms. The molecule has 4 nitrogen and oxygen atoms in total. The van der Waals surface area contributed by atoms with Crippen LogP contribution < -0.4 is 11.1 Å². The maximum absolute atomic E-state index is 12.0. The molecule has 0 spiro atoms. The second kappa shape index (κ2) is 8.66. The zero-order valence-corrected chi connectivity index (χ0v) is 10.6. The quantitative estimate of drug-likeness (QED) is 0.603. The molecule has 1 amide bonds. The first-order valence-corrected chi connectivity index (χ1v) is 6.43. The minimum Gasteiger partial charge on any atom is -0.396 e. The SMILES string of the molecule is NCC(C(=O)NCCCCCO)c1ccccc1. The van der Waals surface area contributed by atoms with E-state index < -0.39 is 0 Å². The summed E-state index contributed by atoms with van der Waals surface area (Å²) in [6.45, 7) is 1.16. The van der Waals surface area contributed by atoms with Crippen LogP contribution in [-0.4, -0.2) is 30.7 Å². The fourth-order valence-electron chi connectivity index (χ4n) is 1.83. The zero-order valence-electron chi connectivity index (χ0n) is 10.6. The van der Waals surface area contributed by atoms with Crippen molar-refractivity contribution < 1.29 is 9.90 Å². The minimum absolute atomic E-state index is 0.0206. The highest BCUT2D eigenvalue weighted by Crippen LogP contribution is 2.13. The lowest BCUT2D eigenvalue weighted by Gasteiger charge is -2.15. The standard InChI is InChI=1S/C14H22N2O2/c15-11-13(12-7-3-1-4-8-12)14(18)16-9-5-2-6-10-17/h1,3-4,7-8,13,17H,2,5-6,9-11,15H2,(H,16,18). The Bertz CT molecular complexity index is 341. The normalized spacial score (nSPS) is 12.1. The summed E-state index contributed by atoms with van der Waals surface area (Å²) >= 11 is 0. The highest BCUT2D eigenvalue weighted by atomic mass is 16.2. The fourth-order valence-corrected chi connectivity index (χ4v) is 1.83. The Kier molecular flexibility index (Phi) is 7.06. The fraction of sp³-hybridized carbons (Fsp3) is 0.500. The van der Waals surface area contributed by atoms with E-state index in [1.54, 1.807) is 0 Å². The number of nitrogens with one attached hydrogen (secondary N) is 1. The molecule has 1 atom stereocenters. The van der Waals surface area contributed by atoms with Crippen LogP contribution in [0.3, 0.4) is 0 Å². The summed E-state index contributed by atoms with van der Waals surface area (Å²) in [7, 11) is 0. The molecule has 1 aromatic rings. The van der Waals surface area contributed by atoms with Crippen LogP contribution in [0.2, 0.25) is 0 Å². The number of benzene rings is 1. The Morgan fingerprint density at radius 2 is 1.94 bits per heavy atom. The summed E-state index contributed by atoms with van der Waals surface area (Å²) in [5.41, 5.74) is 6.62. The molecule has 1 rings (SSSR count). The molecule has 18 heavy (non-hydrogen) atoms. The Morgan fingerprint density at radius 1 is 1.22 bits per heavy atom. The van der Waals surface area contributed by atoms with Crippen LogP contribution in [0.5, 0.6) is 0 Å². The Hall–Kier alpha value is -1.39. The van der Waals surface area contributed by atoms with Gasteiger partial charge in [-0.15, -0.1) is 0 Å². The maximum Gasteiger partial charge on any atom is 0.228 e. The first-order valence-electron chi connectivity index (χ1n) is 6.43. The third-order valence-electron chi connectivity index (χ3n) is 2.89. The summed E-state index contributed by atoms with van der Waals surface area (Å²) in [6, 6.07) is 9.58. The number of hydrogen-bond donors (Lipinski definition) is 3. The average molecular weight is 250 g/mol. The summed E-state index contributed by atoms with van der Waals surface area (Å²) in [4.78, 5) is 12.0. The summed E-state index contributed by atoms with van der Waals surface area (Å²) in [6.07, 6.45) is 2.60. The lowest BCUT2D eigenvalue weighted by atomic mass is 9.98. The number of hydrogen-bond acceptors (Lipinski definition) is 3. The molecule has 0 aromatic heterocycles. The van der Waals surface area contributed by atoms with E-state index in [1.807, 2.05) is 30.3 Å². The van der Waals surface area contributed by atoms with Gasteiger partial charge in [-0.3, -0.25) is 4.79 Å². The van der Waals surface area contributed by atoms with E-state index in [0.717, 1.165) is 24.8 Å². The number of rotatable bonds is 8. The van der Waals surface area contributed by atoms with Crippen molar-refractivity contribution in [3.63, 3.8) is 0 Å². The van der Waals surface area contributed by atoms with Gasteiger partial charge in [0.15, 0.2) is 0 Å². The zero-order chi connectivity index (χ0) is 13.2. The van der Waals surface area contributed by atoms with Crippen molar-refractivity contribution in [1.82, 2.24) is 5.32 Å². The van der Waals surface area contributed by atoms with Gasteiger partial charge >= 0.3 is 0 Å². The van der Waals surface area contributed by atoms with Crippen LogP contribution in [0, 0.1) is 0 Å². The van der Waals surface area contributed by atoms with Crippen molar-refractivity contribution in [2.24, 2.45) is 5.73 Å². The van der Waals surface area contributed by atoms with E-state index in [1.165, 1.54) is 0 Å². The van der Waals surface area contributed by atoms with Gasteiger partial charge in [0.1, 0.15) is 0 Å².